The van der Waals surface area contributed by atoms with Crippen LogP contribution in [0.4, 0.5) is 11.4 Å². The molecule has 138 valence electrons. The maximum absolute atomic E-state index is 12.5. The van der Waals surface area contributed by atoms with Crippen LogP contribution in [-0.4, -0.2) is 23.3 Å². The Morgan fingerprint density at radius 1 is 0.962 bits per heavy atom. The number of hydrogen-bond donors (Lipinski definition) is 2. The summed E-state index contributed by atoms with van der Waals surface area (Å²) >= 11 is 1.81. The van der Waals surface area contributed by atoms with Crippen LogP contribution in [0, 0.1) is 6.92 Å². The first-order chi connectivity index (χ1) is 12.6. The maximum atomic E-state index is 12.5. The summed E-state index contributed by atoms with van der Waals surface area (Å²) in [5.41, 5.74) is 2.77. The molecule has 0 saturated carbocycles. The molecule has 26 heavy (non-hydrogen) atoms. The average molecular weight is 371 g/mol. The summed E-state index contributed by atoms with van der Waals surface area (Å²) in [6.45, 7) is 4.02. The van der Waals surface area contributed by atoms with E-state index in [9.17, 15) is 9.59 Å². The molecule has 0 bridgehead atoms. The van der Waals surface area contributed by atoms with Gasteiger partial charge in [-0.3, -0.25) is 9.59 Å². The third-order valence-corrected chi connectivity index (χ3v) is 5.07. The van der Waals surface area contributed by atoms with Crippen molar-refractivity contribution in [3.63, 3.8) is 0 Å². The fourth-order valence-corrected chi connectivity index (χ4v) is 3.49. The predicted octanol–water partition coefficient (Wildman–Crippen LogP) is 5.11. The number of thioether (sulfide) groups is 1. The number of para-hydroxylation sites is 1. The van der Waals surface area contributed by atoms with Gasteiger partial charge in [0.2, 0.25) is 5.91 Å². The quantitative estimate of drug-likeness (QED) is 0.603. The Morgan fingerprint density at radius 2 is 1.73 bits per heavy atom. The van der Waals surface area contributed by atoms with E-state index in [0.29, 0.717) is 17.7 Å². The van der Waals surface area contributed by atoms with Crippen LogP contribution in [0.15, 0.2) is 48.5 Å². The molecule has 0 unspecified atom stereocenters. The molecule has 0 heterocycles. The number of hydrogen-bond acceptors (Lipinski definition) is 3. The maximum Gasteiger partial charge on any atom is 0.256 e. The molecule has 0 aliphatic carbocycles. The first-order valence-corrected chi connectivity index (χ1v) is 10.1. The molecule has 0 radical (unpaired) electrons. The molecule has 0 spiro atoms. The molecular formula is C21H26N2O2S. The van der Waals surface area contributed by atoms with Crippen molar-refractivity contribution < 1.29 is 9.59 Å². The summed E-state index contributed by atoms with van der Waals surface area (Å²) in [6.07, 6.45) is 2.84. The highest BCUT2D eigenvalue weighted by atomic mass is 32.2. The van der Waals surface area contributed by atoms with Gasteiger partial charge < -0.3 is 10.6 Å². The molecule has 0 aliphatic heterocycles. The van der Waals surface area contributed by atoms with Gasteiger partial charge in [0.05, 0.1) is 0 Å². The smallest absolute Gasteiger partial charge is 0.256 e. The Morgan fingerprint density at radius 3 is 2.46 bits per heavy atom. The summed E-state index contributed by atoms with van der Waals surface area (Å²) in [5.74, 6) is 1.72. The van der Waals surface area contributed by atoms with E-state index >= 15 is 0 Å². The van der Waals surface area contributed by atoms with Crippen LogP contribution in [0.3, 0.4) is 0 Å². The lowest BCUT2D eigenvalue weighted by Crippen LogP contribution is -2.17. The Balaban J connectivity index is 1.95. The Labute approximate surface area is 159 Å². The summed E-state index contributed by atoms with van der Waals surface area (Å²) in [6, 6.07) is 14.7. The largest absolute Gasteiger partial charge is 0.326 e. The lowest BCUT2D eigenvalue weighted by Gasteiger charge is -2.13. The molecule has 2 amide bonds. The van der Waals surface area contributed by atoms with Crippen molar-refractivity contribution in [3.8, 4) is 0 Å². The third-order valence-electron chi connectivity index (χ3n) is 4.00. The highest BCUT2D eigenvalue weighted by Crippen LogP contribution is 2.21. The topological polar surface area (TPSA) is 58.2 Å². The van der Waals surface area contributed by atoms with Crippen LogP contribution in [0.25, 0.3) is 0 Å². The zero-order valence-electron chi connectivity index (χ0n) is 15.4. The molecule has 0 fully saturated rings. The first-order valence-electron chi connectivity index (χ1n) is 8.95. The Kier molecular flexibility index (Phi) is 8.22. The number of nitrogens with one attached hydrogen (secondary N) is 2. The molecule has 2 aromatic rings. The molecule has 2 N–H and O–H groups in total. The average Bonchev–Trinajstić information content (AvgIpc) is 2.64. The lowest BCUT2D eigenvalue weighted by molar-refractivity contribution is -0.115. The molecule has 0 atom stereocenters. The van der Waals surface area contributed by atoms with Gasteiger partial charge in [0, 0.05) is 29.1 Å². The van der Waals surface area contributed by atoms with Gasteiger partial charge in [-0.25, -0.2) is 0 Å². The molecule has 0 aliphatic rings. The van der Waals surface area contributed by atoms with E-state index in [1.54, 1.807) is 23.9 Å². The minimum absolute atomic E-state index is 0.0160. The van der Waals surface area contributed by atoms with Gasteiger partial charge in [0.25, 0.3) is 5.91 Å². The standard InChI is InChI=1S/C21H26N2O2S/c1-3-4-14-26-15-13-20(24)23-19-12-8-11-18(16(19)2)21(25)22-17-9-6-5-7-10-17/h5-12H,3-4,13-15H2,1-2H3,(H,22,25)(H,23,24). The van der Waals surface area contributed by atoms with E-state index < -0.39 is 0 Å². The van der Waals surface area contributed by atoms with Crippen LogP contribution in [-0.2, 0) is 4.79 Å². The SMILES string of the molecule is CCCCSCCC(=O)Nc1cccc(C(=O)Nc2ccccc2)c1C. The summed E-state index contributed by atoms with van der Waals surface area (Å²) in [4.78, 5) is 24.7. The number of unbranched alkanes of at least 4 members (excludes halogenated alkanes) is 1. The van der Waals surface area contributed by atoms with E-state index in [-0.39, 0.29) is 11.8 Å². The second-order valence-corrected chi connectivity index (χ2v) is 7.29. The lowest BCUT2D eigenvalue weighted by atomic mass is 10.1. The Bertz CT molecular complexity index is 732. The van der Waals surface area contributed by atoms with E-state index in [0.717, 1.165) is 22.8 Å². The molecule has 5 heteroatoms. The van der Waals surface area contributed by atoms with Gasteiger partial charge in [-0.2, -0.15) is 11.8 Å². The van der Waals surface area contributed by atoms with Crippen molar-refractivity contribution in [1.29, 1.82) is 0 Å². The van der Waals surface area contributed by atoms with Gasteiger partial charge in [0.15, 0.2) is 0 Å². The summed E-state index contributed by atoms with van der Waals surface area (Å²) in [5, 5.41) is 5.81. The van der Waals surface area contributed by atoms with Gasteiger partial charge >= 0.3 is 0 Å². The van der Waals surface area contributed by atoms with Gasteiger partial charge in [-0.05, 0) is 48.9 Å². The summed E-state index contributed by atoms with van der Waals surface area (Å²) < 4.78 is 0. The third kappa shape index (κ3) is 6.23. The van der Waals surface area contributed by atoms with Gasteiger partial charge in [0.1, 0.15) is 0 Å². The van der Waals surface area contributed by atoms with Gasteiger partial charge in [-0.1, -0.05) is 37.6 Å². The molecular weight excluding hydrogens is 344 g/mol. The monoisotopic (exact) mass is 370 g/mol. The molecule has 2 rings (SSSR count). The van der Waals surface area contributed by atoms with Crippen molar-refractivity contribution in [2.24, 2.45) is 0 Å². The van der Waals surface area contributed by atoms with Crippen molar-refractivity contribution in [1.82, 2.24) is 0 Å². The molecule has 0 aromatic heterocycles. The number of benzene rings is 2. The van der Waals surface area contributed by atoms with Crippen LogP contribution in [0.5, 0.6) is 0 Å². The fourth-order valence-electron chi connectivity index (χ4n) is 2.46. The highest BCUT2D eigenvalue weighted by molar-refractivity contribution is 7.99. The van der Waals surface area contributed by atoms with E-state index in [2.05, 4.69) is 17.6 Å². The number of carbonyl (C=O) groups excluding carboxylic acids is 2. The molecule has 2 aromatic carbocycles. The predicted molar refractivity (Wildman–Crippen MR) is 111 cm³/mol. The van der Waals surface area contributed by atoms with Crippen LogP contribution >= 0.6 is 11.8 Å². The van der Waals surface area contributed by atoms with Crippen molar-refractivity contribution in [2.75, 3.05) is 22.1 Å². The number of anilines is 2. The second-order valence-electron chi connectivity index (χ2n) is 6.06. The van der Waals surface area contributed by atoms with E-state index in [1.165, 1.54) is 12.8 Å². The zero-order chi connectivity index (χ0) is 18.8. The molecule has 0 saturated heterocycles. The highest BCUT2D eigenvalue weighted by Gasteiger charge is 2.13. The van der Waals surface area contributed by atoms with E-state index in [4.69, 9.17) is 0 Å². The van der Waals surface area contributed by atoms with Crippen molar-refractivity contribution in [2.45, 2.75) is 33.1 Å². The number of carbonyl (C=O) groups is 2. The van der Waals surface area contributed by atoms with E-state index in [1.807, 2.05) is 43.3 Å². The van der Waals surface area contributed by atoms with Gasteiger partial charge in [-0.15, -0.1) is 0 Å². The number of amides is 2. The fraction of sp³-hybridized carbons (Fsp3) is 0.333. The van der Waals surface area contributed by atoms with Crippen LogP contribution in [0.1, 0.15) is 42.1 Å². The Hall–Kier alpha value is -2.27. The molecule has 4 nitrogen and oxygen atoms in total. The van der Waals surface area contributed by atoms with Crippen LogP contribution < -0.4 is 10.6 Å². The second kappa shape index (κ2) is 10.7. The number of rotatable bonds is 9. The van der Waals surface area contributed by atoms with Crippen LogP contribution in [0.2, 0.25) is 0 Å². The normalized spacial score (nSPS) is 10.4. The minimum Gasteiger partial charge on any atom is -0.326 e. The summed E-state index contributed by atoms with van der Waals surface area (Å²) in [7, 11) is 0. The zero-order valence-corrected chi connectivity index (χ0v) is 16.2. The van der Waals surface area contributed by atoms with Crippen molar-refractivity contribution in [3.05, 3.63) is 59.7 Å². The minimum atomic E-state index is -0.181. The first kappa shape index (κ1) is 20.0. The van der Waals surface area contributed by atoms with Crippen molar-refractivity contribution >= 4 is 35.0 Å².